The average Bonchev–Trinajstić information content (AvgIpc) is 2.33. The van der Waals surface area contributed by atoms with Crippen molar-refractivity contribution in [2.75, 3.05) is 0 Å². The molecule has 0 unspecified atom stereocenters. The fourth-order valence-electron chi connectivity index (χ4n) is 1.28. The molecule has 1 aromatic carbocycles. The molecule has 0 bridgehead atoms. The highest BCUT2D eigenvalue weighted by Crippen LogP contribution is 2.28. The Hall–Kier alpha value is -1.73. The summed E-state index contributed by atoms with van der Waals surface area (Å²) in [4.78, 5) is 13.8. The van der Waals surface area contributed by atoms with Crippen molar-refractivity contribution >= 4 is 33.2 Å². The number of hydrogen-bond acceptors (Lipinski definition) is 4. The van der Waals surface area contributed by atoms with Crippen molar-refractivity contribution in [1.29, 1.82) is 0 Å². The maximum absolute atomic E-state index is 13.0. The number of halogens is 3. The van der Waals surface area contributed by atoms with Gasteiger partial charge in [-0.1, -0.05) is 11.6 Å². The molecule has 2 rings (SSSR count). The van der Waals surface area contributed by atoms with Gasteiger partial charge < -0.3 is 4.74 Å². The molecule has 0 radical (unpaired) electrons. The molecule has 0 N–H and O–H groups in total. The van der Waals surface area contributed by atoms with Crippen molar-refractivity contribution in [3.63, 3.8) is 0 Å². The van der Waals surface area contributed by atoms with Crippen LogP contribution in [0.25, 0.3) is 0 Å². The summed E-state index contributed by atoms with van der Waals surface area (Å²) in [5, 5.41) is 10.6. The van der Waals surface area contributed by atoms with Crippen LogP contribution in [0.4, 0.5) is 10.1 Å². The number of ether oxygens (including phenoxy) is 1. The molecule has 2 aromatic rings. The second-order valence-corrected chi connectivity index (χ2v) is 4.66. The first kappa shape index (κ1) is 13.7. The van der Waals surface area contributed by atoms with Crippen LogP contribution in [0.15, 0.2) is 34.8 Å². The van der Waals surface area contributed by atoms with E-state index in [0.717, 1.165) is 12.1 Å². The molecule has 0 aliphatic heterocycles. The Kier molecular flexibility index (Phi) is 3.96. The normalized spacial score (nSPS) is 10.3. The van der Waals surface area contributed by atoms with E-state index < -0.39 is 10.7 Å². The number of pyridine rings is 1. The number of nitrogens with zero attached hydrogens (tertiary/aromatic N) is 2. The van der Waals surface area contributed by atoms with Crippen molar-refractivity contribution in [1.82, 2.24) is 4.98 Å². The summed E-state index contributed by atoms with van der Waals surface area (Å²) in [6, 6.07) is 6.18. The molecule has 0 saturated heterocycles. The summed E-state index contributed by atoms with van der Waals surface area (Å²) in [5.41, 5.74) is -0.240. The van der Waals surface area contributed by atoms with Gasteiger partial charge in [-0.3, -0.25) is 10.1 Å². The summed E-state index contributed by atoms with van der Waals surface area (Å²) in [5.74, 6) is -0.215. The Labute approximate surface area is 120 Å². The van der Waals surface area contributed by atoms with Crippen LogP contribution in [0, 0.1) is 15.9 Å². The molecule has 0 fully saturated rings. The third-order valence-corrected chi connectivity index (χ3v) is 2.88. The largest absolute Gasteiger partial charge is 0.439 e. The monoisotopic (exact) mass is 346 g/mol. The fraction of sp³-hybridized carbons (Fsp3) is 0. The van der Waals surface area contributed by atoms with Crippen molar-refractivity contribution in [3.8, 4) is 11.6 Å². The highest BCUT2D eigenvalue weighted by molar-refractivity contribution is 9.10. The molecule has 8 heteroatoms. The Morgan fingerprint density at radius 2 is 2.11 bits per heavy atom. The van der Waals surface area contributed by atoms with Gasteiger partial charge in [-0.2, -0.15) is 0 Å². The summed E-state index contributed by atoms with van der Waals surface area (Å²) >= 11 is 8.65. The third-order valence-electron chi connectivity index (χ3n) is 2.08. The molecule has 1 heterocycles. The lowest BCUT2D eigenvalue weighted by atomic mass is 10.3. The summed E-state index contributed by atoms with van der Waals surface area (Å²) in [6.07, 6.45) is 0. The SMILES string of the molecule is O=[N+]([O-])c1cc(Cl)nc(Oc2ccc(F)c(Br)c2)c1. The standard InChI is InChI=1S/C11H5BrClFN2O3/c12-8-5-7(1-2-9(8)14)19-11-4-6(16(17)18)3-10(13)15-11/h1-5H. The maximum Gasteiger partial charge on any atom is 0.277 e. The van der Waals surface area contributed by atoms with E-state index in [1.807, 2.05) is 0 Å². The van der Waals surface area contributed by atoms with Crippen LogP contribution in [0.3, 0.4) is 0 Å². The predicted molar refractivity (Wildman–Crippen MR) is 70.1 cm³/mol. The minimum Gasteiger partial charge on any atom is -0.439 e. The van der Waals surface area contributed by atoms with Crippen LogP contribution in [0.5, 0.6) is 11.6 Å². The van der Waals surface area contributed by atoms with Gasteiger partial charge in [-0.05, 0) is 34.1 Å². The van der Waals surface area contributed by atoms with Gasteiger partial charge >= 0.3 is 0 Å². The lowest BCUT2D eigenvalue weighted by molar-refractivity contribution is -0.385. The molecule has 0 atom stereocenters. The van der Waals surface area contributed by atoms with Crippen molar-refractivity contribution < 1.29 is 14.1 Å². The Morgan fingerprint density at radius 1 is 1.37 bits per heavy atom. The number of aromatic nitrogens is 1. The number of benzene rings is 1. The lowest BCUT2D eigenvalue weighted by Gasteiger charge is -2.05. The zero-order valence-electron chi connectivity index (χ0n) is 9.14. The van der Waals surface area contributed by atoms with Crippen LogP contribution in [0.1, 0.15) is 0 Å². The molecule has 0 spiro atoms. The molecule has 5 nitrogen and oxygen atoms in total. The van der Waals surface area contributed by atoms with Gasteiger partial charge in [0.25, 0.3) is 5.69 Å². The van der Waals surface area contributed by atoms with E-state index in [2.05, 4.69) is 20.9 Å². The lowest BCUT2D eigenvalue weighted by Crippen LogP contribution is -1.93. The highest BCUT2D eigenvalue weighted by atomic mass is 79.9. The number of hydrogen-bond donors (Lipinski definition) is 0. The Morgan fingerprint density at radius 3 is 2.74 bits per heavy atom. The van der Waals surface area contributed by atoms with E-state index in [4.69, 9.17) is 16.3 Å². The molecule has 98 valence electrons. The molecule has 0 aliphatic carbocycles. The summed E-state index contributed by atoms with van der Waals surface area (Å²) in [7, 11) is 0. The number of nitro groups is 1. The second-order valence-electron chi connectivity index (χ2n) is 3.42. The van der Waals surface area contributed by atoms with Crippen LogP contribution >= 0.6 is 27.5 Å². The molecular weight excluding hydrogens is 342 g/mol. The summed E-state index contributed by atoms with van der Waals surface area (Å²) < 4.78 is 18.5. The topological polar surface area (TPSA) is 65.3 Å². The van der Waals surface area contributed by atoms with E-state index in [1.165, 1.54) is 18.2 Å². The quantitative estimate of drug-likeness (QED) is 0.471. The molecule has 0 amide bonds. The molecule has 0 saturated carbocycles. The van der Waals surface area contributed by atoms with Gasteiger partial charge in [0.05, 0.1) is 21.5 Å². The van der Waals surface area contributed by atoms with Gasteiger partial charge in [-0.25, -0.2) is 9.37 Å². The predicted octanol–water partition coefficient (Wildman–Crippen LogP) is 4.34. The van der Waals surface area contributed by atoms with Gasteiger partial charge in [0.1, 0.15) is 16.7 Å². The van der Waals surface area contributed by atoms with Crippen LogP contribution in [-0.4, -0.2) is 9.91 Å². The van der Waals surface area contributed by atoms with Crippen LogP contribution < -0.4 is 4.74 Å². The zero-order chi connectivity index (χ0) is 14.0. The first-order chi connectivity index (χ1) is 8.95. The third kappa shape index (κ3) is 3.39. The van der Waals surface area contributed by atoms with Gasteiger partial charge in [0.2, 0.25) is 5.88 Å². The van der Waals surface area contributed by atoms with E-state index in [9.17, 15) is 14.5 Å². The number of rotatable bonds is 3. The Balaban J connectivity index is 2.32. The van der Waals surface area contributed by atoms with E-state index >= 15 is 0 Å². The second kappa shape index (κ2) is 5.50. The van der Waals surface area contributed by atoms with Crippen LogP contribution in [0.2, 0.25) is 5.15 Å². The van der Waals surface area contributed by atoms with E-state index in [1.54, 1.807) is 0 Å². The summed E-state index contributed by atoms with van der Waals surface area (Å²) in [6.45, 7) is 0. The zero-order valence-corrected chi connectivity index (χ0v) is 11.5. The van der Waals surface area contributed by atoms with Gasteiger partial charge in [0, 0.05) is 0 Å². The maximum atomic E-state index is 13.0. The molecule has 0 aliphatic rings. The first-order valence-electron chi connectivity index (χ1n) is 4.90. The minimum absolute atomic E-state index is 0.0438. The van der Waals surface area contributed by atoms with Crippen molar-refractivity contribution in [3.05, 3.63) is 55.9 Å². The Bertz CT molecular complexity index is 654. The van der Waals surface area contributed by atoms with Gasteiger partial charge in [-0.15, -0.1) is 0 Å². The van der Waals surface area contributed by atoms with Crippen molar-refractivity contribution in [2.24, 2.45) is 0 Å². The molecule has 19 heavy (non-hydrogen) atoms. The van der Waals surface area contributed by atoms with E-state index in [0.29, 0.717) is 0 Å². The fourth-order valence-corrected chi connectivity index (χ4v) is 1.83. The van der Waals surface area contributed by atoms with E-state index in [-0.39, 0.29) is 26.9 Å². The van der Waals surface area contributed by atoms with Crippen LogP contribution in [-0.2, 0) is 0 Å². The minimum atomic E-state index is -0.610. The highest BCUT2D eigenvalue weighted by Gasteiger charge is 2.12. The smallest absolute Gasteiger partial charge is 0.277 e. The first-order valence-corrected chi connectivity index (χ1v) is 6.07. The van der Waals surface area contributed by atoms with Gasteiger partial charge in [0.15, 0.2) is 0 Å². The van der Waals surface area contributed by atoms with Crippen molar-refractivity contribution in [2.45, 2.75) is 0 Å². The molecule has 1 aromatic heterocycles. The molecular formula is C11H5BrClFN2O3. The average molecular weight is 348 g/mol.